The van der Waals surface area contributed by atoms with Crippen LogP contribution in [0.15, 0.2) is 91.8 Å². The lowest BCUT2D eigenvalue weighted by Crippen LogP contribution is -2.34. The van der Waals surface area contributed by atoms with E-state index < -0.39 is 5.97 Å². The second-order valence-electron chi connectivity index (χ2n) is 13.6. The Morgan fingerprint density at radius 3 is 1.84 bits per heavy atom. The number of hydrogen-bond acceptors (Lipinski definition) is 12. The second kappa shape index (κ2) is 18.4. The molecule has 0 atom stereocenters. The van der Waals surface area contributed by atoms with Crippen molar-refractivity contribution in [2.24, 2.45) is 30.9 Å². The minimum atomic E-state index is -0.407. The zero-order valence-electron chi connectivity index (χ0n) is 30.7. The lowest BCUT2D eigenvalue weighted by molar-refractivity contribution is -0.132. The molecule has 0 aliphatic carbocycles. The Morgan fingerprint density at radius 2 is 1.29 bits per heavy atom. The average Bonchev–Trinajstić information content (AvgIpc) is 3.85. The number of aromatic nitrogens is 6. The smallest absolute Gasteiger partial charge is 0.334 e. The van der Waals surface area contributed by atoms with Gasteiger partial charge in [-0.15, -0.1) is 5.10 Å². The summed E-state index contributed by atoms with van der Waals surface area (Å²) >= 11 is 0. The SMILES string of the molecule is Cn1nc(-c2nnc(N3CCC(Cc4cccc(F)c4)CC3)o2)ccc1=O.Cn1nc(C2=NCC(=O)O2)ccc1=O.Fc1cccc(CC2CCNCC2)c1. The Hall–Kier alpha value is -5.90. The Kier molecular flexibility index (Phi) is 13.0. The first kappa shape index (κ1) is 38.8. The number of nitrogens with zero attached hydrogens (tertiary/aromatic N) is 8. The average molecular weight is 756 g/mol. The molecule has 2 fully saturated rings. The number of aliphatic imine (C=N–C) groups is 1. The van der Waals surface area contributed by atoms with Gasteiger partial charge in [-0.3, -0.25) is 9.59 Å². The van der Waals surface area contributed by atoms with Crippen molar-refractivity contribution in [3.63, 3.8) is 0 Å². The minimum absolute atomic E-state index is 0.0137. The fourth-order valence-electron chi connectivity index (χ4n) is 6.53. The Labute approximate surface area is 315 Å². The normalized spacial score (nSPS) is 16.0. The lowest BCUT2D eigenvalue weighted by Gasteiger charge is -2.30. The molecule has 2 saturated heterocycles. The van der Waals surface area contributed by atoms with Crippen LogP contribution >= 0.6 is 0 Å². The van der Waals surface area contributed by atoms with Crippen molar-refractivity contribution in [2.45, 2.75) is 38.5 Å². The van der Waals surface area contributed by atoms with Crippen LogP contribution in [0.5, 0.6) is 0 Å². The molecule has 0 radical (unpaired) electrons. The number of piperidine rings is 2. The lowest BCUT2D eigenvalue weighted by atomic mass is 9.90. The number of carbonyl (C=O) groups excluding carboxylic acids is 1. The highest BCUT2D eigenvalue weighted by molar-refractivity contribution is 6.03. The number of anilines is 1. The molecule has 3 aliphatic heterocycles. The number of carbonyl (C=O) groups is 1. The van der Waals surface area contributed by atoms with Gasteiger partial charge in [-0.1, -0.05) is 29.4 Å². The summed E-state index contributed by atoms with van der Waals surface area (Å²) in [6.45, 7) is 3.85. The van der Waals surface area contributed by atoms with Crippen LogP contribution in [0, 0.1) is 23.5 Å². The van der Waals surface area contributed by atoms with Crippen molar-refractivity contribution in [1.29, 1.82) is 0 Å². The van der Waals surface area contributed by atoms with Gasteiger partial charge in [0.05, 0.1) is 0 Å². The van der Waals surface area contributed by atoms with Crippen LogP contribution < -0.4 is 21.3 Å². The number of halogens is 2. The van der Waals surface area contributed by atoms with Gasteiger partial charge in [-0.25, -0.2) is 27.9 Å². The predicted molar refractivity (Wildman–Crippen MR) is 200 cm³/mol. The third-order valence-corrected chi connectivity index (χ3v) is 9.51. The van der Waals surface area contributed by atoms with Crippen LogP contribution in [0.4, 0.5) is 14.8 Å². The van der Waals surface area contributed by atoms with Gasteiger partial charge < -0.3 is 19.4 Å². The summed E-state index contributed by atoms with van der Waals surface area (Å²) in [7, 11) is 3.09. The fourth-order valence-corrected chi connectivity index (χ4v) is 6.53. The summed E-state index contributed by atoms with van der Waals surface area (Å²) < 4.78 is 39.2. The predicted octanol–water partition coefficient (Wildman–Crippen LogP) is 3.88. The Bertz CT molecular complexity index is 2220. The van der Waals surface area contributed by atoms with Gasteiger partial charge in [0.2, 0.25) is 5.90 Å². The highest BCUT2D eigenvalue weighted by Gasteiger charge is 2.24. The summed E-state index contributed by atoms with van der Waals surface area (Å²) in [5, 5.41) is 19.5. The van der Waals surface area contributed by atoms with Gasteiger partial charge in [0.15, 0.2) is 0 Å². The van der Waals surface area contributed by atoms with Crippen LogP contribution in [0.3, 0.4) is 0 Å². The molecule has 14 nitrogen and oxygen atoms in total. The van der Waals surface area contributed by atoms with Gasteiger partial charge in [0.1, 0.15) is 29.6 Å². The third-order valence-electron chi connectivity index (χ3n) is 9.51. The van der Waals surface area contributed by atoms with Crippen LogP contribution in [-0.4, -0.2) is 74.3 Å². The standard InChI is InChI=1S/C19H20FN5O2.C12H16FN.C8H7N3O3/c1-24-17(26)6-5-16(23-24)18-21-22-19(27-18)25-9-7-13(8-10-25)11-14-3-2-4-15(20)12-14;13-12-3-1-2-11(9-12)8-10-4-6-14-7-5-10;1-11-6(12)3-2-5(10-11)8-9-4-7(13)14-8/h2-6,12-13H,7-11H2,1H3;1-3,9-10,14H,4-8H2;2-3H,4H2,1H3. The van der Waals surface area contributed by atoms with Crippen molar-refractivity contribution >= 4 is 17.9 Å². The first-order chi connectivity index (χ1) is 26.6. The van der Waals surface area contributed by atoms with E-state index in [1.54, 1.807) is 37.4 Å². The molecule has 0 unspecified atom stereocenters. The maximum absolute atomic E-state index is 13.3. The summed E-state index contributed by atoms with van der Waals surface area (Å²) in [4.78, 5) is 39.1. The molecule has 0 bridgehead atoms. The molecule has 3 aliphatic rings. The molecular formula is C39H43F2N9O5. The maximum atomic E-state index is 13.3. The molecule has 0 saturated carbocycles. The zero-order chi connectivity index (χ0) is 38.7. The van der Waals surface area contributed by atoms with Crippen molar-refractivity contribution in [3.8, 4) is 11.6 Å². The van der Waals surface area contributed by atoms with E-state index in [-0.39, 0.29) is 35.2 Å². The first-order valence-corrected chi connectivity index (χ1v) is 18.2. The van der Waals surface area contributed by atoms with Gasteiger partial charge in [-0.05, 0) is 111 Å². The number of aryl methyl sites for hydroxylation is 2. The summed E-state index contributed by atoms with van der Waals surface area (Å²) in [5.74, 6) is 1.00. The Morgan fingerprint density at radius 1 is 0.727 bits per heavy atom. The van der Waals surface area contributed by atoms with Gasteiger partial charge in [-0.2, -0.15) is 10.2 Å². The van der Waals surface area contributed by atoms with Gasteiger partial charge in [0.25, 0.3) is 17.0 Å². The van der Waals surface area contributed by atoms with Gasteiger partial charge in [0, 0.05) is 39.3 Å². The zero-order valence-corrected chi connectivity index (χ0v) is 30.7. The number of nitrogens with one attached hydrogen (secondary N) is 1. The largest absolute Gasteiger partial charge is 0.404 e. The van der Waals surface area contributed by atoms with E-state index in [0.717, 1.165) is 73.6 Å². The molecule has 2 aromatic carbocycles. The highest BCUT2D eigenvalue weighted by Crippen LogP contribution is 2.27. The molecule has 3 aromatic heterocycles. The minimum Gasteiger partial charge on any atom is -0.404 e. The van der Waals surface area contributed by atoms with Crippen LogP contribution in [0.2, 0.25) is 0 Å². The molecule has 8 rings (SSSR count). The topological polar surface area (TPSA) is 163 Å². The van der Waals surface area contributed by atoms with Crippen molar-refractivity contribution in [1.82, 2.24) is 35.1 Å². The van der Waals surface area contributed by atoms with E-state index >= 15 is 0 Å². The molecule has 5 aromatic rings. The van der Waals surface area contributed by atoms with Crippen LogP contribution in [0.25, 0.3) is 11.6 Å². The maximum Gasteiger partial charge on any atom is 0.334 e. The second-order valence-corrected chi connectivity index (χ2v) is 13.6. The van der Waals surface area contributed by atoms with E-state index in [1.807, 2.05) is 12.1 Å². The van der Waals surface area contributed by atoms with Crippen LogP contribution in [-0.2, 0) is 36.5 Å². The summed E-state index contributed by atoms with van der Waals surface area (Å²) in [5.41, 5.74) is 2.61. The van der Waals surface area contributed by atoms with Crippen molar-refractivity contribution in [2.75, 3.05) is 37.6 Å². The number of rotatable bonds is 7. The number of hydrogen-bond donors (Lipinski definition) is 1. The first-order valence-electron chi connectivity index (χ1n) is 18.2. The Balaban J connectivity index is 0.000000155. The fraction of sp³-hybridized carbons (Fsp3) is 0.385. The van der Waals surface area contributed by atoms with E-state index in [2.05, 4.69) is 35.6 Å². The number of ether oxygens (including phenoxy) is 1. The third kappa shape index (κ3) is 11.1. The van der Waals surface area contributed by atoms with Crippen LogP contribution in [0.1, 0.15) is 42.5 Å². The highest BCUT2D eigenvalue weighted by atomic mass is 19.1. The quantitative estimate of drug-likeness (QED) is 0.240. The number of cyclic esters (lactones) is 1. The summed E-state index contributed by atoms with van der Waals surface area (Å²) in [6, 6.07) is 20.1. The molecular weight excluding hydrogens is 712 g/mol. The van der Waals surface area contributed by atoms with Crippen molar-refractivity contribution < 1.29 is 22.7 Å². The number of benzene rings is 2. The summed E-state index contributed by atoms with van der Waals surface area (Å²) in [6.07, 6.45) is 6.30. The van der Waals surface area contributed by atoms with E-state index in [0.29, 0.717) is 29.2 Å². The van der Waals surface area contributed by atoms with E-state index in [9.17, 15) is 23.2 Å². The molecule has 0 spiro atoms. The van der Waals surface area contributed by atoms with Gasteiger partial charge >= 0.3 is 12.0 Å². The molecule has 0 amide bonds. The molecule has 16 heteroatoms. The number of esters is 1. The van der Waals surface area contributed by atoms with Crippen molar-refractivity contribution in [3.05, 3.63) is 122 Å². The van der Waals surface area contributed by atoms with E-state index in [1.165, 1.54) is 54.9 Å². The molecule has 6 heterocycles. The monoisotopic (exact) mass is 755 g/mol. The molecule has 1 N–H and O–H groups in total. The molecule has 55 heavy (non-hydrogen) atoms. The van der Waals surface area contributed by atoms with E-state index in [4.69, 9.17) is 9.15 Å². The molecule has 288 valence electrons.